The molecule has 1 aliphatic heterocycles. The number of nitrogens with one attached hydrogen (secondary N) is 1. The molecule has 1 atom stereocenters. The standard InChI is InChI=1S/C13H17ClN4OS/c1-2-5-16-12(19)9-4-3-6-18(8-9)13-10(7-15)11(14)17-20-13/h9H,2-6,8H2,1H3,(H,16,19). The van der Waals surface area contributed by atoms with E-state index in [4.69, 9.17) is 16.9 Å². The van der Waals surface area contributed by atoms with E-state index in [1.54, 1.807) is 0 Å². The van der Waals surface area contributed by atoms with Gasteiger partial charge in [0.1, 0.15) is 16.6 Å². The van der Waals surface area contributed by atoms with Crippen molar-refractivity contribution in [1.82, 2.24) is 9.69 Å². The molecule has 1 unspecified atom stereocenters. The van der Waals surface area contributed by atoms with E-state index < -0.39 is 0 Å². The summed E-state index contributed by atoms with van der Waals surface area (Å²) in [6.45, 7) is 4.21. The van der Waals surface area contributed by atoms with Gasteiger partial charge < -0.3 is 10.2 Å². The molecule has 0 spiro atoms. The lowest BCUT2D eigenvalue weighted by Gasteiger charge is -2.32. The lowest BCUT2D eigenvalue weighted by atomic mass is 9.97. The first-order chi connectivity index (χ1) is 9.67. The van der Waals surface area contributed by atoms with Crippen molar-refractivity contribution in [3.8, 4) is 6.07 Å². The maximum Gasteiger partial charge on any atom is 0.224 e. The second kappa shape index (κ2) is 6.91. The largest absolute Gasteiger partial charge is 0.360 e. The summed E-state index contributed by atoms with van der Waals surface area (Å²) < 4.78 is 4.02. The Morgan fingerprint density at radius 1 is 1.70 bits per heavy atom. The minimum Gasteiger partial charge on any atom is -0.360 e. The summed E-state index contributed by atoms with van der Waals surface area (Å²) in [5.74, 6) is 0.0772. The van der Waals surface area contributed by atoms with Crippen molar-refractivity contribution in [3.05, 3.63) is 10.7 Å². The van der Waals surface area contributed by atoms with Crippen molar-refractivity contribution in [3.63, 3.8) is 0 Å². The van der Waals surface area contributed by atoms with Crippen LogP contribution in [0.2, 0.25) is 5.15 Å². The van der Waals surface area contributed by atoms with Gasteiger partial charge in [-0.05, 0) is 30.8 Å². The number of carbonyl (C=O) groups excluding carboxylic acids is 1. The average molecular weight is 313 g/mol. The van der Waals surface area contributed by atoms with Crippen LogP contribution in [0.25, 0.3) is 0 Å². The second-order valence-corrected chi connectivity index (χ2v) is 5.95. The molecule has 5 nitrogen and oxygen atoms in total. The molecule has 2 rings (SSSR count). The van der Waals surface area contributed by atoms with Crippen molar-refractivity contribution in [2.24, 2.45) is 5.92 Å². The van der Waals surface area contributed by atoms with Gasteiger partial charge in [0.05, 0.1) is 5.92 Å². The van der Waals surface area contributed by atoms with E-state index in [1.807, 2.05) is 6.92 Å². The predicted octanol–water partition coefficient (Wildman–Crippen LogP) is 2.41. The van der Waals surface area contributed by atoms with Crippen molar-refractivity contribution >= 4 is 34.0 Å². The Morgan fingerprint density at radius 2 is 2.50 bits per heavy atom. The molecule has 7 heteroatoms. The van der Waals surface area contributed by atoms with Crippen LogP contribution in [0.15, 0.2) is 0 Å². The van der Waals surface area contributed by atoms with Crippen LogP contribution in [0.1, 0.15) is 31.7 Å². The number of nitriles is 1. The molecule has 1 amide bonds. The Bertz CT molecular complexity index is 525. The van der Waals surface area contributed by atoms with E-state index in [0.29, 0.717) is 18.7 Å². The highest BCUT2D eigenvalue weighted by Gasteiger charge is 2.28. The molecule has 0 aromatic carbocycles. The maximum absolute atomic E-state index is 12.1. The van der Waals surface area contributed by atoms with Gasteiger partial charge in [-0.3, -0.25) is 4.79 Å². The third kappa shape index (κ3) is 3.22. The molecule has 1 saturated heterocycles. The first kappa shape index (κ1) is 15.1. The summed E-state index contributed by atoms with van der Waals surface area (Å²) >= 11 is 7.13. The molecule has 0 bridgehead atoms. The number of nitrogens with zero attached hydrogens (tertiary/aromatic N) is 3. The highest BCUT2D eigenvalue weighted by molar-refractivity contribution is 7.10. The minimum atomic E-state index is -0.0253. The molecule has 1 aromatic rings. The fourth-order valence-corrected chi connectivity index (χ4v) is 3.40. The SMILES string of the molecule is CCCNC(=O)C1CCCN(c2snc(Cl)c2C#N)C1. The fraction of sp³-hybridized carbons (Fsp3) is 0.615. The second-order valence-electron chi connectivity index (χ2n) is 4.84. The maximum atomic E-state index is 12.1. The van der Waals surface area contributed by atoms with Crippen LogP contribution in [0, 0.1) is 17.2 Å². The van der Waals surface area contributed by atoms with Crippen LogP contribution in [0.4, 0.5) is 5.00 Å². The van der Waals surface area contributed by atoms with Crippen LogP contribution < -0.4 is 10.2 Å². The first-order valence-corrected chi connectivity index (χ1v) is 7.90. The molecule has 108 valence electrons. The van der Waals surface area contributed by atoms with E-state index in [-0.39, 0.29) is 17.0 Å². The van der Waals surface area contributed by atoms with Gasteiger partial charge in [0, 0.05) is 19.6 Å². The highest BCUT2D eigenvalue weighted by Crippen LogP contribution is 2.33. The monoisotopic (exact) mass is 312 g/mol. The van der Waals surface area contributed by atoms with E-state index >= 15 is 0 Å². The molecule has 0 aliphatic carbocycles. The average Bonchev–Trinajstić information content (AvgIpc) is 2.85. The molecule has 1 N–H and O–H groups in total. The molecular weight excluding hydrogens is 296 g/mol. The summed E-state index contributed by atoms with van der Waals surface area (Å²) in [5.41, 5.74) is 0.422. The van der Waals surface area contributed by atoms with Gasteiger partial charge in [0.25, 0.3) is 0 Å². The molecule has 0 saturated carbocycles. The van der Waals surface area contributed by atoms with Crippen LogP contribution in [-0.2, 0) is 4.79 Å². The van der Waals surface area contributed by atoms with E-state index in [2.05, 4.69) is 20.7 Å². The summed E-state index contributed by atoms with van der Waals surface area (Å²) in [6, 6.07) is 2.09. The number of anilines is 1. The molecule has 0 radical (unpaired) electrons. The van der Waals surface area contributed by atoms with E-state index in [1.165, 1.54) is 11.5 Å². The quantitative estimate of drug-likeness (QED) is 0.927. The Labute approximate surface area is 127 Å². The predicted molar refractivity (Wildman–Crippen MR) is 80.1 cm³/mol. The molecule has 1 aliphatic rings. The van der Waals surface area contributed by atoms with Crippen molar-refractivity contribution in [2.45, 2.75) is 26.2 Å². The Morgan fingerprint density at radius 3 is 3.20 bits per heavy atom. The lowest BCUT2D eigenvalue weighted by Crippen LogP contribution is -2.43. The van der Waals surface area contributed by atoms with Gasteiger partial charge in [0.2, 0.25) is 5.91 Å². The number of hydrogen-bond acceptors (Lipinski definition) is 5. The first-order valence-electron chi connectivity index (χ1n) is 6.75. The topological polar surface area (TPSA) is 69.0 Å². The fourth-order valence-electron chi connectivity index (χ4n) is 2.34. The van der Waals surface area contributed by atoms with Gasteiger partial charge >= 0.3 is 0 Å². The smallest absolute Gasteiger partial charge is 0.224 e. The van der Waals surface area contributed by atoms with Gasteiger partial charge in [-0.1, -0.05) is 18.5 Å². The van der Waals surface area contributed by atoms with Crippen molar-refractivity contribution < 1.29 is 4.79 Å². The molecular formula is C13H17ClN4OS. The summed E-state index contributed by atoms with van der Waals surface area (Å²) in [6.07, 6.45) is 2.76. The molecule has 1 aromatic heterocycles. The molecule has 20 heavy (non-hydrogen) atoms. The Kier molecular flexibility index (Phi) is 5.21. The number of hydrogen-bond donors (Lipinski definition) is 1. The zero-order valence-corrected chi connectivity index (χ0v) is 12.9. The van der Waals surface area contributed by atoms with Crippen LogP contribution >= 0.6 is 23.1 Å². The Hall–Kier alpha value is -1.32. The van der Waals surface area contributed by atoms with Gasteiger partial charge in [-0.25, -0.2) is 0 Å². The highest BCUT2D eigenvalue weighted by atomic mass is 35.5. The minimum absolute atomic E-state index is 0.0253. The van der Waals surface area contributed by atoms with Crippen molar-refractivity contribution in [1.29, 1.82) is 5.26 Å². The normalized spacial score (nSPS) is 18.6. The van der Waals surface area contributed by atoms with E-state index in [0.717, 1.165) is 30.8 Å². The van der Waals surface area contributed by atoms with E-state index in [9.17, 15) is 4.79 Å². The molecule has 1 fully saturated rings. The number of piperidine rings is 1. The number of aromatic nitrogens is 1. The molecule has 2 heterocycles. The van der Waals surface area contributed by atoms with Crippen molar-refractivity contribution in [2.75, 3.05) is 24.5 Å². The number of amides is 1. The lowest BCUT2D eigenvalue weighted by molar-refractivity contribution is -0.125. The number of rotatable bonds is 4. The summed E-state index contributed by atoms with van der Waals surface area (Å²) in [7, 11) is 0. The van der Waals surface area contributed by atoms with Gasteiger partial charge in [-0.15, -0.1) is 0 Å². The third-order valence-electron chi connectivity index (χ3n) is 3.37. The number of carbonyl (C=O) groups is 1. The summed E-state index contributed by atoms with van der Waals surface area (Å²) in [5, 5.41) is 13.1. The zero-order valence-electron chi connectivity index (χ0n) is 11.4. The number of halogens is 1. The Balaban J connectivity index is 2.07. The van der Waals surface area contributed by atoms with Gasteiger partial charge in [-0.2, -0.15) is 9.64 Å². The van der Waals surface area contributed by atoms with Crippen LogP contribution in [0.3, 0.4) is 0 Å². The van der Waals surface area contributed by atoms with Gasteiger partial charge in [0.15, 0.2) is 5.15 Å². The summed E-state index contributed by atoms with van der Waals surface area (Å²) in [4.78, 5) is 14.1. The zero-order chi connectivity index (χ0) is 14.5. The van der Waals surface area contributed by atoms with Crippen LogP contribution in [-0.4, -0.2) is 29.9 Å². The van der Waals surface area contributed by atoms with Crippen LogP contribution in [0.5, 0.6) is 0 Å². The third-order valence-corrected chi connectivity index (χ3v) is 4.66.